The van der Waals surface area contributed by atoms with Crippen molar-refractivity contribution < 1.29 is 9.13 Å². The van der Waals surface area contributed by atoms with E-state index in [9.17, 15) is 4.39 Å². The van der Waals surface area contributed by atoms with Gasteiger partial charge in [0.15, 0.2) is 0 Å². The van der Waals surface area contributed by atoms with E-state index in [1.807, 2.05) is 6.07 Å². The monoisotopic (exact) mass is 248 g/mol. The average molecular weight is 248 g/mol. The van der Waals surface area contributed by atoms with Crippen LogP contribution in [-0.4, -0.2) is 18.8 Å². The van der Waals surface area contributed by atoms with Crippen molar-refractivity contribution in [3.05, 3.63) is 35.1 Å². The smallest absolute Gasteiger partial charge is 0.124 e. The molecular weight excluding hydrogens is 231 g/mol. The second-order valence-corrected chi connectivity index (χ2v) is 4.68. The van der Waals surface area contributed by atoms with Crippen LogP contribution in [0.5, 0.6) is 0 Å². The van der Waals surface area contributed by atoms with Gasteiger partial charge < -0.3 is 10.1 Å². The third kappa shape index (κ3) is 3.28. The molecule has 2 rings (SSSR count). The molecule has 1 aromatic carbocycles. The van der Waals surface area contributed by atoms with Crippen LogP contribution >= 0.6 is 0 Å². The Morgan fingerprint density at radius 3 is 3.06 bits per heavy atom. The van der Waals surface area contributed by atoms with Gasteiger partial charge in [0.25, 0.3) is 0 Å². The van der Waals surface area contributed by atoms with Gasteiger partial charge in [0, 0.05) is 19.2 Å². The van der Waals surface area contributed by atoms with Crippen LogP contribution in [0.3, 0.4) is 0 Å². The second-order valence-electron chi connectivity index (χ2n) is 4.68. The minimum absolute atomic E-state index is 0.237. The first-order valence-corrected chi connectivity index (χ1v) is 6.23. The van der Waals surface area contributed by atoms with Crippen molar-refractivity contribution >= 4 is 0 Å². The fourth-order valence-corrected chi connectivity index (χ4v) is 2.22. The predicted octanol–water partition coefficient (Wildman–Crippen LogP) is 2.35. The van der Waals surface area contributed by atoms with E-state index in [4.69, 9.17) is 10.00 Å². The minimum atomic E-state index is -0.365. The van der Waals surface area contributed by atoms with Crippen LogP contribution in [0.4, 0.5) is 4.39 Å². The van der Waals surface area contributed by atoms with Gasteiger partial charge in [-0.15, -0.1) is 0 Å². The first-order chi connectivity index (χ1) is 8.69. The van der Waals surface area contributed by atoms with Gasteiger partial charge in [0.2, 0.25) is 0 Å². The Morgan fingerprint density at radius 2 is 2.39 bits per heavy atom. The Labute approximate surface area is 107 Å². The SMILES string of the molecule is CC(NCc1cc(F)cc(C#N)c1)C1CCCO1. The van der Waals surface area contributed by atoms with Gasteiger partial charge in [0.05, 0.1) is 17.7 Å². The second kappa shape index (κ2) is 5.94. The number of halogens is 1. The molecule has 3 nitrogen and oxygen atoms in total. The zero-order valence-electron chi connectivity index (χ0n) is 10.4. The summed E-state index contributed by atoms with van der Waals surface area (Å²) in [5.41, 5.74) is 1.15. The molecule has 1 aromatic rings. The molecule has 0 aromatic heterocycles. The standard InChI is InChI=1S/C14H17FN2O/c1-10(14-3-2-4-18-14)17-9-12-5-11(8-16)6-13(15)7-12/h5-7,10,14,17H,2-4,9H2,1H3. The van der Waals surface area contributed by atoms with Crippen LogP contribution < -0.4 is 5.32 Å². The lowest BCUT2D eigenvalue weighted by atomic mass is 10.1. The van der Waals surface area contributed by atoms with Gasteiger partial charge in [-0.2, -0.15) is 5.26 Å². The van der Waals surface area contributed by atoms with Crippen LogP contribution in [-0.2, 0) is 11.3 Å². The Bertz CT molecular complexity index is 450. The zero-order chi connectivity index (χ0) is 13.0. The van der Waals surface area contributed by atoms with E-state index >= 15 is 0 Å². The van der Waals surface area contributed by atoms with Crippen LogP contribution in [0, 0.1) is 17.1 Å². The van der Waals surface area contributed by atoms with Crippen molar-refractivity contribution in [2.45, 2.75) is 38.5 Å². The molecule has 2 atom stereocenters. The Hall–Kier alpha value is -1.44. The number of hydrogen-bond donors (Lipinski definition) is 1. The molecule has 0 aliphatic carbocycles. The molecule has 1 saturated heterocycles. The summed E-state index contributed by atoms with van der Waals surface area (Å²) in [6.07, 6.45) is 2.42. The quantitative estimate of drug-likeness (QED) is 0.889. The third-order valence-corrected chi connectivity index (χ3v) is 3.24. The third-order valence-electron chi connectivity index (χ3n) is 3.24. The molecule has 0 saturated carbocycles. The summed E-state index contributed by atoms with van der Waals surface area (Å²) >= 11 is 0. The molecule has 18 heavy (non-hydrogen) atoms. The van der Waals surface area contributed by atoms with Gasteiger partial charge >= 0.3 is 0 Å². The molecule has 0 amide bonds. The summed E-state index contributed by atoms with van der Waals surface area (Å²) in [4.78, 5) is 0. The first kappa shape index (κ1) is 13.0. The molecular formula is C14H17FN2O. The lowest BCUT2D eigenvalue weighted by Crippen LogP contribution is -2.36. The molecule has 96 valence electrons. The largest absolute Gasteiger partial charge is 0.377 e. The van der Waals surface area contributed by atoms with E-state index in [0.29, 0.717) is 12.1 Å². The highest BCUT2D eigenvalue weighted by Crippen LogP contribution is 2.16. The van der Waals surface area contributed by atoms with Crippen LogP contribution in [0.2, 0.25) is 0 Å². The van der Waals surface area contributed by atoms with Gasteiger partial charge in [-0.3, -0.25) is 0 Å². The highest BCUT2D eigenvalue weighted by atomic mass is 19.1. The van der Waals surface area contributed by atoms with E-state index in [1.165, 1.54) is 12.1 Å². The fraction of sp³-hybridized carbons (Fsp3) is 0.500. The Morgan fingerprint density at radius 1 is 1.56 bits per heavy atom. The minimum Gasteiger partial charge on any atom is -0.377 e. The molecule has 1 heterocycles. The average Bonchev–Trinajstić information content (AvgIpc) is 2.89. The van der Waals surface area contributed by atoms with Gasteiger partial charge in [0.1, 0.15) is 5.82 Å². The van der Waals surface area contributed by atoms with Crippen molar-refractivity contribution in [2.75, 3.05) is 6.61 Å². The molecule has 0 bridgehead atoms. The number of benzene rings is 1. The number of hydrogen-bond acceptors (Lipinski definition) is 3. The van der Waals surface area contributed by atoms with E-state index in [2.05, 4.69) is 12.2 Å². The lowest BCUT2D eigenvalue weighted by molar-refractivity contribution is 0.0832. The summed E-state index contributed by atoms with van der Waals surface area (Å²) in [5.74, 6) is -0.365. The summed E-state index contributed by atoms with van der Waals surface area (Å²) in [6, 6.07) is 6.60. The summed E-state index contributed by atoms with van der Waals surface area (Å²) in [5, 5.41) is 12.1. The Balaban J connectivity index is 1.93. The van der Waals surface area contributed by atoms with Crippen molar-refractivity contribution in [1.82, 2.24) is 5.32 Å². The van der Waals surface area contributed by atoms with Gasteiger partial charge in [-0.05, 0) is 43.5 Å². The van der Waals surface area contributed by atoms with Crippen molar-refractivity contribution in [1.29, 1.82) is 5.26 Å². The van der Waals surface area contributed by atoms with Gasteiger partial charge in [-0.25, -0.2) is 4.39 Å². The molecule has 0 spiro atoms. The number of rotatable bonds is 4. The van der Waals surface area contributed by atoms with Gasteiger partial charge in [-0.1, -0.05) is 0 Å². The first-order valence-electron chi connectivity index (χ1n) is 6.23. The highest BCUT2D eigenvalue weighted by molar-refractivity contribution is 5.33. The van der Waals surface area contributed by atoms with Crippen molar-refractivity contribution in [3.8, 4) is 6.07 Å². The molecule has 0 radical (unpaired) electrons. The Kier molecular flexibility index (Phi) is 4.29. The van der Waals surface area contributed by atoms with Crippen LogP contribution in [0.1, 0.15) is 30.9 Å². The van der Waals surface area contributed by atoms with Crippen molar-refractivity contribution in [3.63, 3.8) is 0 Å². The maximum atomic E-state index is 13.2. The predicted molar refractivity (Wildman–Crippen MR) is 66.4 cm³/mol. The van der Waals surface area contributed by atoms with Crippen LogP contribution in [0.15, 0.2) is 18.2 Å². The molecule has 4 heteroatoms. The molecule has 1 aliphatic rings. The molecule has 1 aliphatic heterocycles. The maximum absolute atomic E-state index is 13.2. The van der Waals surface area contributed by atoms with Crippen molar-refractivity contribution in [2.24, 2.45) is 0 Å². The van der Waals surface area contributed by atoms with E-state index in [1.54, 1.807) is 6.07 Å². The molecule has 1 fully saturated rings. The van der Waals surface area contributed by atoms with E-state index in [0.717, 1.165) is 25.0 Å². The lowest BCUT2D eigenvalue weighted by Gasteiger charge is -2.20. The molecule has 1 N–H and O–H groups in total. The molecule has 2 unspecified atom stereocenters. The number of nitrogens with one attached hydrogen (secondary N) is 1. The van der Waals surface area contributed by atoms with E-state index in [-0.39, 0.29) is 18.0 Å². The summed E-state index contributed by atoms with van der Waals surface area (Å²) in [7, 11) is 0. The van der Waals surface area contributed by atoms with E-state index < -0.39 is 0 Å². The zero-order valence-corrected chi connectivity index (χ0v) is 10.4. The summed E-state index contributed by atoms with van der Waals surface area (Å²) in [6.45, 7) is 3.45. The highest BCUT2D eigenvalue weighted by Gasteiger charge is 2.21. The number of ether oxygens (including phenoxy) is 1. The fourth-order valence-electron chi connectivity index (χ4n) is 2.22. The summed E-state index contributed by atoms with van der Waals surface area (Å²) < 4.78 is 18.8. The number of nitriles is 1. The van der Waals surface area contributed by atoms with Crippen LogP contribution in [0.25, 0.3) is 0 Å². The normalized spacial score (nSPS) is 20.6. The maximum Gasteiger partial charge on any atom is 0.124 e. The number of nitrogens with zero attached hydrogens (tertiary/aromatic N) is 1. The topological polar surface area (TPSA) is 45.0 Å².